The molecule has 0 aromatic heterocycles. The van der Waals surface area contributed by atoms with E-state index in [0.29, 0.717) is 13.0 Å². The van der Waals surface area contributed by atoms with Crippen molar-refractivity contribution >= 4 is 17.8 Å². The van der Waals surface area contributed by atoms with Gasteiger partial charge in [-0.2, -0.15) is 0 Å². The molecule has 1 saturated heterocycles. The Hall–Kier alpha value is -3.37. The molecule has 10 heteroatoms. The highest BCUT2D eigenvalue weighted by atomic mass is 19.1. The molecule has 0 aliphatic carbocycles. The summed E-state index contributed by atoms with van der Waals surface area (Å²) in [4.78, 5) is 38.3. The number of benzene rings is 2. The van der Waals surface area contributed by atoms with Crippen molar-refractivity contribution < 1.29 is 33.0 Å². The Labute approximate surface area is 227 Å². The number of nitrogens with zero attached hydrogens (tertiary/aromatic N) is 1. The smallest absolute Gasteiger partial charge is 0.325 e. The fourth-order valence-corrected chi connectivity index (χ4v) is 4.96. The van der Waals surface area contributed by atoms with E-state index in [4.69, 9.17) is 4.74 Å². The number of likely N-dealkylation sites (tertiary alicyclic amines) is 1. The highest BCUT2D eigenvalue weighted by Crippen LogP contribution is 2.35. The fourth-order valence-electron chi connectivity index (χ4n) is 4.96. The molecule has 0 spiro atoms. The van der Waals surface area contributed by atoms with Crippen LogP contribution in [-0.4, -0.2) is 66.7 Å². The molecule has 1 aliphatic heterocycles. The topological polar surface area (TPSA) is 108 Å². The predicted molar refractivity (Wildman–Crippen MR) is 142 cm³/mol. The second kappa shape index (κ2) is 13.1. The van der Waals surface area contributed by atoms with Gasteiger partial charge in [0.25, 0.3) is 0 Å². The number of nitrogens with one attached hydrogen (secondary N) is 2. The van der Waals surface area contributed by atoms with Crippen LogP contribution >= 0.6 is 0 Å². The van der Waals surface area contributed by atoms with Crippen molar-refractivity contribution in [3.05, 3.63) is 70.8 Å². The fraction of sp³-hybridized carbons (Fsp3) is 0.483. The Morgan fingerprint density at radius 2 is 1.85 bits per heavy atom. The molecule has 0 saturated carbocycles. The van der Waals surface area contributed by atoms with Crippen molar-refractivity contribution in [2.75, 3.05) is 26.7 Å². The SMILES string of the molecule is COC(=O)CN1CC[C@@](NC[C@@H](O)[C@H](Cc2cc(F)cc(F)c2)NC(C)=O)(c2cccc(C(C)C)c2)CC1=O. The van der Waals surface area contributed by atoms with Crippen LogP contribution in [0, 0.1) is 11.6 Å². The summed E-state index contributed by atoms with van der Waals surface area (Å²) in [6.07, 6.45) is -0.644. The van der Waals surface area contributed by atoms with E-state index in [2.05, 4.69) is 24.5 Å². The number of esters is 1. The number of piperidine rings is 1. The Kier molecular flexibility index (Phi) is 10.2. The summed E-state index contributed by atoms with van der Waals surface area (Å²) >= 11 is 0. The zero-order chi connectivity index (χ0) is 28.7. The lowest BCUT2D eigenvalue weighted by Crippen LogP contribution is -2.57. The van der Waals surface area contributed by atoms with E-state index < -0.39 is 41.2 Å². The van der Waals surface area contributed by atoms with E-state index in [1.165, 1.54) is 18.9 Å². The summed E-state index contributed by atoms with van der Waals surface area (Å²) in [6.45, 7) is 5.57. The molecule has 3 N–H and O–H groups in total. The largest absolute Gasteiger partial charge is 0.468 e. The van der Waals surface area contributed by atoms with Crippen molar-refractivity contribution in [1.29, 1.82) is 0 Å². The van der Waals surface area contributed by atoms with Crippen LogP contribution in [0.5, 0.6) is 0 Å². The summed E-state index contributed by atoms with van der Waals surface area (Å²) in [5, 5.41) is 17.2. The minimum Gasteiger partial charge on any atom is -0.468 e. The molecule has 0 bridgehead atoms. The molecule has 0 radical (unpaired) electrons. The zero-order valence-corrected chi connectivity index (χ0v) is 22.8. The summed E-state index contributed by atoms with van der Waals surface area (Å²) in [7, 11) is 1.27. The number of carbonyl (C=O) groups is 3. The number of hydrogen-bond acceptors (Lipinski definition) is 6. The highest BCUT2D eigenvalue weighted by Gasteiger charge is 2.41. The quantitative estimate of drug-likeness (QED) is 0.375. The lowest BCUT2D eigenvalue weighted by molar-refractivity contribution is -0.149. The van der Waals surface area contributed by atoms with Crippen LogP contribution in [0.3, 0.4) is 0 Å². The number of ether oxygens (including phenoxy) is 1. The molecule has 3 rings (SSSR count). The van der Waals surface area contributed by atoms with Gasteiger partial charge in [-0.3, -0.25) is 14.4 Å². The van der Waals surface area contributed by atoms with Gasteiger partial charge in [-0.1, -0.05) is 38.1 Å². The van der Waals surface area contributed by atoms with Gasteiger partial charge in [0.15, 0.2) is 0 Å². The molecule has 2 amide bonds. The van der Waals surface area contributed by atoms with E-state index in [9.17, 15) is 28.3 Å². The van der Waals surface area contributed by atoms with Gasteiger partial charge < -0.3 is 25.4 Å². The highest BCUT2D eigenvalue weighted by molar-refractivity contribution is 5.83. The number of halogens is 2. The first-order valence-electron chi connectivity index (χ1n) is 13.0. The van der Waals surface area contributed by atoms with Gasteiger partial charge in [-0.15, -0.1) is 0 Å². The number of aliphatic hydroxyl groups excluding tert-OH is 1. The van der Waals surface area contributed by atoms with Crippen LogP contribution < -0.4 is 10.6 Å². The second-order valence-corrected chi connectivity index (χ2v) is 10.4. The minimum atomic E-state index is -1.14. The number of aliphatic hydroxyl groups is 1. The van der Waals surface area contributed by atoms with E-state index >= 15 is 0 Å². The van der Waals surface area contributed by atoms with Gasteiger partial charge in [0.2, 0.25) is 11.8 Å². The normalized spacial score (nSPS) is 19.1. The van der Waals surface area contributed by atoms with Crippen LogP contribution in [0.2, 0.25) is 0 Å². The van der Waals surface area contributed by atoms with Crippen LogP contribution in [-0.2, 0) is 31.1 Å². The number of rotatable bonds is 11. The lowest BCUT2D eigenvalue weighted by Gasteiger charge is -2.43. The third-order valence-electron chi connectivity index (χ3n) is 7.15. The second-order valence-electron chi connectivity index (χ2n) is 10.4. The van der Waals surface area contributed by atoms with Crippen molar-refractivity contribution in [3.8, 4) is 0 Å². The maximum atomic E-state index is 13.8. The van der Waals surface area contributed by atoms with Crippen LogP contribution in [0.4, 0.5) is 8.78 Å². The van der Waals surface area contributed by atoms with Gasteiger partial charge in [0.05, 0.1) is 24.8 Å². The number of methoxy groups -OCH3 is 1. The molecule has 39 heavy (non-hydrogen) atoms. The van der Waals surface area contributed by atoms with E-state index in [-0.39, 0.29) is 43.3 Å². The monoisotopic (exact) mass is 545 g/mol. The van der Waals surface area contributed by atoms with Crippen molar-refractivity contribution in [2.45, 2.75) is 63.6 Å². The molecule has 1 aliphatic rings. The zero-order valence-electron chi connectivity index (χ0n) is 22.8. The Morgan fingerprint density at radius 1 is 1.15 bits per heavy atom. The Balaban J connectivity index is 1.86. The standard InChI is InChI=1S/C29H37F2N3O5/c1-18(2)21-6-5-7-22(13-21)29(8-9-34(27(37)15-29)17-28(38)39-4)32-16-26(36)25(33-19(3)35)12-20-10-23(30)14-24(31)11-20/h5-7,10-11,13-14,18,25-26,32,36H,8-9,12,15-17H2,1-4H3,(H,33,35)/t25-,26+,29-/m0/s1. The first-order chi connectivity index (χ1) is 18.4. The average Bonchev–Trinajstić information content (AvgIpc) is 2.87. The summed E-state index contributed by atoms with van der Waals surface area (Å²) in [5.41, 5.74) is 1.40. The van der Waals surface area contributed by atoms with Crippen molar-refractivity contribution in [3.63, 3.8) is 0 Å². The van der Waals surface area contributed by atoms with Gasteiger partial charge in [0, 0.05) is 32.5 Å². The van der Waals surface area contributed by atoms with E-state index in [1.807, 2.05) is 24.3 Å². The third-order valence-corrected chi connectivity index (χ3v) is 7.15. The molecule has 1 fully saturated rings. The molecule has 212 valence electrons. The van der Waals surface area contributed by atoms with Gasteiger partial charge in [0.1, 0.15) is 18.2 Å². The molecule has 0 unspecified atom stereocenters. The van der Waals surface area contributed by atoms with Crippen molar-refractivity contribution in [1.82, 2.24) is 15.5 Å². The molecule has 2 aromatic rings. The van der Waals surface area contributed by atoms with Crippen molar-refractivity contribution in [2.24, 2.45) is 0 Å². The first-order valence-corrected chi connectivity index (χ1v) is 13.0. The van der Waals surface area contributed by atoms with Gasteiger partial charge in [-0.25, -0.2) is 8.78 Å². The van der Waals surface area contributed by atoms with Gasteiger partial charge in [-0.05, 0) is 47.6 Å². The van der Waals surface area contributed by atoms with E-state index in [1.54, 1.807) is 0 Å². The third kappa shape index (κ3) is 8.06. The molecule has 2 aromatic carbocycles. The molecule has 3 atom stereocenters. The maximum absolute atomic E-state index is 13.8. The predicted octanol–water partition coefficient (Wildman–Crippen LogP) is 2.78. The summed E-state index contributed by atoms with van der Waals surface area (Å²) < 4.78 is 32.2. The lowest BCUT2D eigenvalue weighted by atomic mass is 9.79. The maximum Gasteiger partial charge on any atom is 0.325 e. The van der Waals surface area contributed by atoms with Gasteiger partial charge >= 0.3 is 5.97 Å². The molecule has 1 heterocycles. The summed E-state index contributed by atoms with van der Waals surface area (Å²) in [6, 6.07) is 10.1. The molecular weight excluding hydrogens is 508 g/mol. The summed E-state index contributed by atoms with van der Waals surface area (Å²) in [5.74, 6) is -2.40. The van der Waals surface area contributed by atoms with Crippen LogP contribution in [0.25, 0.3) is 0 Å². The molecular formula is C29H37F2N3O5. The van der Waals surface area contributed by atoms with E-state index in [0.717, 1.165) is 29.3 Å². The average molecular weight is 546 g/mol. The number of hydrogen-bond donors (Lipinski definition) is 3. The Morgan fingerprint density at radius 3 is 2.44 bits per heavy atom. The van der Waals surface area contributed by atoms with Crippen LogP contribution in [0.1, 0.15) is 56.2 Å². The van der Waals surface area contributed by atoms with Crippen LogP contribution in [0.15, 0.2) is 42.5 Å². The first kappa shape index (κ1) is 30.2. The minimum absolute atomic E-state index is 0.00121. The molecule has 8 nitrogen and oxygen atoms in total. The Bertz CT molecular complexity index is 1170. The number of amides is 2. The number of carbonyl (C=O) groups excluding carboxylic acids is 3.